The van der Waals surface area contributed by atoms with Gasteiger partial charge in [-0.1, -0.05) is 154 Å². The third kappa shape index (κ3) is 22.2. The summed E-state index contributed by atoms with van der Waals surface area (Å²) in [5.41, 5.74) is 0. The minimum absolute atomic E-state index is 0.216. The first kappa shape index (κ1) is 48.1. The second-order valence-corrected chi connectivity index (χ2v) is 15.9. The topological polar surface area (TPSA) is 206 Å². The first-order valence-electron chi connectivity index (χ1n) is 20.1. The van der Waals surface area contributed by atoms with Crippen LogP contribution in [0.2, 0.25) is 0 Å². The first-order valence-corrected chi connectivity index (χ1v) is 21.6. The smallest absolute Gasteiger partial charge is 0.387 e. The summed E-state index contributed by atoms with van der Waals surface area (Å²) < 4.78 is 22.8. The van der Waals surface area contributed by atoms with E-state index >= 15 is 0 Å². The van der Waals surface area contributed by atoms with Crippen LogP contribution in [0.15, 0.2) is 12.2 Å². The van der Waals surface area contributed by atoms with Crippen molar-refractivity contribution in [2.75, 3.05) is 6.61 Å². The number of aliphatic hydroxyl groups excluding tert-OH is 6. The molecule has 51 heavy (non-hydrogen) atoms. The van der Waals surface area contributed by atoms with Crippen molar-refractivity contribution in [3.05, 3.63) is 12.2 Å². The fourth-order valence-corrected chi connectivity index (χ4v) is 7.40. The zero-order chi connectivity index (χ0) is 37.9. The number of phosphoric ester groups is 1. The molecule has 0 aromatic rings. The molecular weight excluding hydrogens is 677 g/mol. The van der Waals surface area contributed by atoms with Crippen molar-refractivity contribution >= 4 is 13.7 Å². The molecule has 1 aliphatic rings. The number of amides is 1. The zero-order valence-electron chi connectivity index (χ0n) is 31.7. The third-order valence-electron chi connectivity index (χ3n) is 9.82. The van der Waals surface area contributed by atoms with Gasteiger partial charge in [0, 0.05) is 6.42 Å². The van der Waals surface area contributed by atoms with Crippen LogP contribution in [0.4, 0.5) is 0 Å². The van der Waals surface area contributed by atoms with Crippen molar-refractivity contribution in [1.29, 1.82) is 0 Å². The number of rotatable bonds is 32. The Labute approximate surface area is 308 Å². The molecule has 0 saturated heterocycles. The lowest BCUT2D eigenvalue weighted by atomic mass is 9.85. The van der Waals surface area contributed by atoms with E-state index in [1.807, 2.05) is 6.08 Å². The lowest BCUT2D eigenvalue weighted by Crippen LogP contribution is -2.64. The molecule has 0 bridgehead atoms. The van der Waals surface area contributed by atoms with Gasteiger partial charge in [0.1, 0.15) is 36.6 Å². The maximum Gasteiger partial charge on any atom is 0.472 e. The predicted octanol–water partition coefficient (Wildman–Crippen LogP) is 6.11. The van der Waals surface area contributed by atoms with E-state index in [2.05, 4.69) is 19.2 Å². The van der Waals surface area contributed by atoms with Gasteiger partial charge in [0.15, 0.2) is 0 Å². The van der Waals surface area contributed by atoms with Gasteiger partial charge in [0.05, 0.1) is 18.8 Å². The van der Waals surface area contributed by atoms with Crippen LogP contribution in [-0.2, 0) is 18.4 Å². The quantitative estimate of drug-likeness (QED) is 0.0224. The highest BCUT2D eigenvalue weighted by Gasteiger charge is 2.51. The number of aliphatic hydroxyl groups is 6. The highest BCUT2D eigenvalue weighted by molar-refractivity contribution is 7.47. The predicted molar refractivity (Wildman–Crippen MR) is 200 cm³/mol. The van der Waals surface area contributed by atoms with Crippen LogP contribution in [0.5, 0.6) is 0 Å². The second kappa shape index (κ2) is 29.4. The summed E-state index contributed by atoms with van der Waals surface area (Å²) >= 11 is 0. The molecule has 0 aromatic carbocycles. The van der Waals surface area contributed by atoms with E-state index in [1.54, 1.807) is 0 Å². The van der Waals surface area contributed by atoms with Gasteiger partial charge >= 0.3 is 7.82 Å². The summed E-state index contributed by atoms with van der Waals surface area (Å²) in [5, 5.41) is 63.6. The second-order valence-electron chi connectivity index (χ2n) is 14.5. The number of phosphoric acid groups is 1. The Morgan fingerprint density at radius 2 is 1.04 bits per heavy atom. The molecule has 1 rings (SSSR count). The van der Waals surface area contributed by atoms with Gasteiger partial charge in [-0.15, -0.1) is 0 Å². The molecule has 9 atom stereocenters. The molecule has 1 fully saturated rings. The van der Waals surface area contributed by atoms with E-state index in [0.29, 0.717) is 6.42 Å². The van der Waals surface area contributed by atoms with Gasteiger partial charge < -0.3 is 40.8 Å². The van der Waals surface area contributed by atoms with Gasteiger partial charge in [-0.3, -0.25) is 13.8 Å². The average molecular weight is 752 g/mol. The van der Waals surface area contributed by atoms with Crippen LogP contribution in [-0.4, -0.2) is 96.8 Å². The summed E-state index contributed by atoms with van der Waals surface area (Å²) in [6.45, 7) is 3.78. The Kier molecular flexibility index (Phi) is 27.8. The Bertz CT molecular complexity index is 926. The van der Waals surface area contributed by atoms with E-state index in [9.17, 15) is 44.9 Å². The fraction of sp³-hybridized carbons (Fsp3) is 0.921. The number of hydrogen-bond acceptors (Lipinski definition) is 10. The van der Waals surface area contributed by atoms with Crippen LogP contribution in [0.1, 0.15) is 168 Å². The molecule has 0 radical (unpaired) electrons. The molecular formula is C38H74NO11P. The minimum Gasteiger partial charge on any atom is -0.387 e. The van der Waals surface area contributed by atoms with E-state index in [-0.39, 0.29) is 12.3 Å². The minimum atomic E-state index is -5.06. The van der Waals surface area contributed by atoms with Crippen LogP contribution in [0.25, 0.3) is 0 Å². The standard InChI is InChI=1S/C38H74NO11P/c1-3-5-7-9-11-13-14-15-16-17-18-20-21-23-25-27-31(40)30(39-32(41)28-26-24-22-19-12-10-8-6-4-2)29-49-51(47,48)50-38-36(45)34(43)33(42)35(44)37(38)46/h25,27,30-31,33-38,40,42-46H,3-24,26,28-29H2,1-2H3,(H,39,41)(H,47,48)/b27-25+/t30-,31+,33?,34+,35?,36?,37?,38?/m0/s1. The molecule has 0 aromatic heterocycles. The van der Waals surface area contributed by atoms with E-state index < -0.39 is 63.2 Å². The van der Waals surface area contributed by atoms with E-state index in [4.69, 9.17) is 9.05 Å². The van der Waals surface area contributed by atoms with Crippen LogP contribution >= 0.6 is 7.82 Å². The number of hydrogen-bond donors (Lipinski definition) is 8. The van der Waals surface area contributed by atoms with Crippen LogP contribution in [0, 0.1) is 0 Å². The van der Waals surface area contributed by atoms with Crippen LogP contribution in [0.3, 0.4) is 0 Å². The SMILES string of the molecule is CCCCCCCCCCCCCCC/C=C/[C@@H](O)[C@H](COP(=O)(O)OC1C(O)C(O)C(O)[C@@H](O)C1O)NC(=O)CCCCCCCCCCC. The van der Waals surface area contributed by atoms with Crippen molar-refractivity contribution < 1.29 is 53.9 Å². The molecule has 0 spiro atoms. The fourth-order valence-electron chi connectivity index (χ4n) is 6.43. The van der Waals surface area contributed by atoms with Crippen molar-refractivity contribution in [2.45, 2.75) is 217 Å². The largest absolute Gasteiger partial charge is 0.472 e. The molecule has 0 aliphatic heterocycles. The molecule has 6 unspecified atom stereocenters. The molecule has 1 amide bonds. The number of nitrogens with one attached hydrogen (secondary N) is 1. The highest BCUT2D eigenvalue weighted by Crippen LogP contribution is 2.47. The van der Waals surface area contributed by atoms with E-state index in [1.165, 1.54) is 102 Å². The van der Waals surface area contributed by atoms with E-state index in [0.717, 1.165) is 44.9 Å². The van der Waals surface area contributed by atoms with Gasteiger partial charge in [-0.2, -0.15) is 0 Å². The number of carbonyl (C=O) groups is 1. The summed E-state index contributed by atoms with van der Waals surface area (Å²) in [5.74, 6) is -0.345. The van der Waals surface area contributed by atoms with Crippen molar-refractivity contribution in [3.8, 4) is 0 Å². The lowest BCUT2D eigenvalue weighted by molar-refractivity contribution is -0.220. The molecule has 8 N–H and O–H groups in total. The molecule has 302 valence electrons. The van der Waals surface area contributed by atoms with Crippen molar-refractivity contribution in [1.82, 2.24) is 5.32 Å². The lowest BCUT2D eigenvalue weighted by Gasteiger charge is -2.41. The van der Waals surface area contributed by atoms with Gasteiger partial charge in [0.25, 0.3) is 0 Å². The van der Waals surface area contributed by atoms with Crippen molar-refractivity contribution in [3.63, 3.8) is 0 Å². The van der Waals surface area contributed by atoms with Gasteiger partial charge in [-0.25, -0.2) is 4.57 Å². The Morgan fingerprint density at radius 1 is 0.647 bits per heavy atom. The summed E-state index contributed by atoms with van der Waals surface area (Å²) in [4.78, 5) is 23.2. The molecule has 1 aliphatic carbocycles. The Hall–Kier alpha value is -0.920. The highest BCUT2D eigenvalue weighted by atomic mass is 31.2. The number of allylic oxidation sites excluding steroid dienone is 1. The maximum atomic E-state index is 12.8. The maximum absolute atomic E-state index is 12.8. The monoisotopic (exact) mass is 751 g/mol. The summed E-state index contributed by atoms with van der Waals surface area (Å²) in [6.07, 6.45) is 17.3. The zero-order valence-corrected chi connectivity index (χ0v) is 32.6. The number of carbonyl (C=O) groups excluding carboxylic acids is 1. The van der Waals surface area contributed by atoms with Gasteiger partial charge in [-0.05, 0) is 19.3 Å². The molecule has 0 heterocycles. The number of unbranched alkanes of at least 4 members (excludes halogenated alkanes) is 21. The molecule has 12 nitrogen and oxygen atoms in total. The summed E-state index contributed by atoms with van der Waals surface area (Å²) in [7, 11) is -5.06. The Morgan fingerprint density at radius 3 is 1.49 bits per heavy atom. The van der Waals surface area contributed by atoms with Crippen LogP contribution < -0.4 is 5.32 Å². The summed E-state index contributed by atoms with van der Waals surface area (Å²) in [6, 6.07) is -1.11. The molecule has 13 heteroatoms. The van der Waals surface area contributed by atoms with Gasteiger partial charge in [0.2, 0.25) is 5.91 Å². The van der Waals surface area contributed by atoms with Crippen molar-refractivity contribution in [2.24, 2.45) is 0 Å². The Balaban J connectivity index is 2.57. The average Bonchev–Trinajstić information content (AvgIpc) is 3.11. The molecule has 1 saturated carbocycles. The first-order chi connectivity index (χ1) is 24.4. The normalized spacial score (nSPS) is 24.8. The third-order valence-corrected chi connectivity index (χ3v) is 10.8.